The monoisotopic (exact) mass is 313 g/mol. The maximum atomic E-state index is 12.5. The number of amides is 2. The molecule has 0 heterocycles. The molecule has 0 unspecified atom stereocenters. The van der Waals surface area contributed by atoms with Crippen LogP contribution in [0.3, 0.4) is 0 Å². The van der Waals surface area contributed by atoms with Crippen LogP contribution >= 0.6 is 0 Å². The normalized spacial score (nSPS) is 11.7. The maximum Gasteiger partial charge on any atom is 0.243 e. The van der Waals surface area contributed by atoms with Gasteiger partial charge in [-0.1, -0.05) is 0 Å². The zero-order valence-electron chi connectivity index (χ0n) is 12.2. The van der Waals surface area contributed by atoms with Crippen LogP contribution in [0.1, 0.15) is 20.8 Å². The lowest BCUT2D eigenvalue weighted by atomic mass is 10.3. The SMILES string of the molecule is CC(=O)Nc1ccc(S(=O)(=O)N(CC(N)=O)C(C)C)cc1. The molecule has 0 aliphatic carbocycles. The van der Waals surface area contributed by atoms with E-state index in [4.69, 9.17) is 5.73 Å². The fraction of sp³-hybridized carbons (Fsp3) is 0.385. The van der Waals surface area contributed by atoms with Crippen LogP contribution in [0.2, 0.25) is 0 Å². The Balaban J connectivity index is 3.10. The highest BCUT2D eigenvalue weighted by Crippen LogP contribution is 2.20. The molecule has 0 bridgehead atoms. The molecular weight excluding hydrogens is 294 g/mol. The lowest BCUT2D eigenvalue weighted by Gasteiger charge is -2.24. The van der Waals surface area contributed by atoms with Gasteiger partial charge in [0.05, 0.1) is 11.4 Å². The van der Waals surface area contributed by atoms with E-state index in [1.807, 2.05) is 0 Å². The van der Waals surface area contributed by atoms with Crippen molar-refractivity contribution in [3.05, 3.63) is 24.3 Å². The van der Waals surface area contributed by atoms with E-state index in [2.05, 4.69) is 5.32 Å². The number of carbonyl (C=O) groups is 2. The van der Waals surface area contributed by atoms with Gasteiger partial charge in [0.15, 0.2) is 0 Å². The van der Waals surface area contributed by atoms with Crippen molar-refractivity contribution in [2.24, 2.45) is 5.73 Å². The summed E-state index contributed by atoms with van der Waals surface area (Å²) in [6, 6.07) is 5.31. The van der Waals surface area contributed by atoms with Crippen molar-refractivity contribution in [3.8, 4) is 0 Å². The Morgan fingerprint density at radius 1 is 1.24 bits per heavy atom. The molecule has 1 rings (SSSR count). The summed E-state index contributed by atoms with van der Waals surface area (Å²) in [4.78, 5) is 22.0. The maximum absolute atomic E-state index is 12.5. The van der Waals surface area contributed by atoms with Crippen LogP contribution in [0.5, 0.6) is 0 Å². The Bertz CT molecular complexity index is 623. The van der Waals surface area contributed by atoms with Gasteiger partial charge in [-0.2, -0.15) is 4.31 Å². The van der Waals surface area contributed by atoms with Crippen molar-refractivity contribution in [1.82, 2.24) is 4.31 Å². The fourth-order valence-electron chi connectivity index (χ4n) is 1.75. The third-order valence-corrected chi connectivity index (χ3v) is 4.70. The average molecular weight is 313 g/mol. The predicted octanol–water partition coefficient (Wildman–Crippen LogP) is 0.529. The highest BCUT2D eigenvalue weighted by molar-refractivity contribution is 7.89. The summed E-state index contributed by atoms with van der Waals surface area (Å²) < 4.78 is 26.0. The van der Waals surface area contributed by atoms with Gasteiger partial charge in [0.25, 0.3) is 0 Å². The van der Waals surface area contributed by atoms with Crippen molar-refractivity contribution < 1.29 is 18.0 Å². The van der Waals surface area contributed by atoms with Gasteiger partial charge >= 0.3 is 0 Å². The first-order valence-electron chi connectivity index (χ1n) is 6.32. The first-order valence-corrected chi connectivity index (χ1v) is 7.76. The summed E-state index contributed by atoms with van der Waals surface area (Å²) in [7, 11) is -3.82. The minimum atomic E-state index is -3.82. The number of benzene rings is 1. The third kappa shape index (κ3) is 4.54. The molecule has 21 heavy (non-hydrogen) atoms. The van der Waals surface area contributed by atoms with Gasteiger partial charge < -0.3 is 11.1 Å². The minimum absolute atomic E-state index is 0.0338. The summed E-state index contributed by atoms with van der Waals surface area (Å²) in [6.45, 7) is 4.30. The predicted molar refractivity (Wildman–Crippen MR) is 79.0 cm³/mol. The Labute approximate surface area is 124 Å². The Morgan fingerprint density at radius 3 is 2.14 bits per heavy atom. The van der Waals surface area contributed by atoms with Gasteiger partial charge in [0, 0.05) is 18.7 Å². The van der Waals surface area contributed by atoms with Crippen molar-refractivity contribution in [2.45, 2.75) is 31.7 Å². The summed E-state index contributed by atoms with van der Waals surface area (Å²) in [5.74, 6) is -0.967. The molecule has 3 N–H and O–H groups in total. The van der Waals surface area contributed by atoms with Gasteiger partial charge in [-0.15, -0.1) is 0 Å². The zero-order valence-corrected chi connectivity index (χ0v) is 13.0. The van der Waals surface area contributed by atoms with Crippen molar-refractivity contribution in [2.75, 3.05) is 11.9 Å². The van der Waals surface area contributed by atoms with E-state index in [9.17, 15) is 18.0 Å². The fourth-order valence-corrected chi connectivity index (χ4v) is 3.35. The number of rotatable bonds is 6. The quantitative estimate of drug-likeness (QED) is 0.798. The number of hydrogen-bond acceptors (Lipinski definition) is 4. The number of anilines is 1. The smallest absolute Gasteiger partial charge is 0.243 e. The number of nitrogens with one attached hydrogen (secondary N) is 1. The molecule has 0 saturated carbocycles. The van der Waals surface area contributed by atoms with Crippen LogP contribution in [0, 0.1) is 0 Å². The van der Waals surface area contributed by atoms with Crippen molar-refractivity contribution in [3.63, 3.8) is 0 Å². The lowest BCUT2D eigenvalue weighted by Crippen LogP contribution is -2.42. The van der Waals surface area contributed by atoms with Gasteiger partial charge in [-0.25, -0.2) is 8.42 Å². The number of carbonyl (C=O) groups excluding carboxylic acids is 2. The second kappa shape index (κ2) is 6.68. The summed E-state index contributed by atoms with van der Waals surface area (Å²) in [5, 5.41) is 2.55. The van der Waals surface area contributed by atoms with Crippen molar-refractivity contribution in [1.29, 1.82) is 0 Å². The number of hydrogen-bond donors (Lipinski definition) is 2. The molecule has 7 nitrogen and oxygen atoms in total. The molecule has 0 aliphatic rings. The molecule has 0 radical (unpaired) electrons. The Kier molecular flexibility index (Phi) is 5.45. The number of nitrogens with zero attached hydrogens (tertiary/aromatic N) is 1. The molecule has 116 valence electrons. The first-order chi connectivity index (χ1) is 9.64. The molecule has 0 saturated heterocycles. The average Bonchev–Trinajstić information content (AvgIpc) is 2.35. The standard InChI is InChI=1S/C13H19N3O4S/c1-9(2)16(8-13(14)18)21(19,20)12-6-4-11(5-7-12)15-10(3)17/h4-7,9H,8H2,1-3H3,(H2,14,18)(H,15,17). The van der Waals surface area contributed by atoms with E-state index in [1.54, 1.807) is 13.8 Å². The van der Waals surface area contributed by atoms with E-state index in [0.29, 0.717) is 5.69 Å². The van der Waals surface area contributed by atoms with Crippen LogP contribution in [-0.2, 0) is 19.6 Å². The van der Waals surface area contributed by atoms with E-state index in [-0.39, 0.29) is 17.3 Å². The molecular formula is C13H19N3O4S. The Morgan fingerprint density at radius 2 is 1.76 bits per heavy atom. The second-order valence-electron chi connectivity index (χ2n) is 4.82. The highest BCUT2D eigenvalue weighted by Gasteiger charge is 2.28. The van der Waals surface area contributed by atoms with E-state index in [0.717, 1.165) is 4.31 Å². The number of primary amides is 1. The second-order valence-corrected chi connectivity index (χ2v) is 6.71. The minimum Gasteiger partial charge on any atom is -0.369 e. The van der Waals surface area contributed by atoms with Gasteiger partial charge in [0.2, 0.25) is 21.8 Å². The summed E-state index contributed by atoms with van der Waals surface area (Å²) in [5.41, 5.74) is 5.59. The van der Waals surface area contributed by atoms with Crippen LogP contribution in [0.15, 0.2) is 29.2 Å². The zero-order chi connectivity index (χ0) is 16.2. The highest BCUT2D eigenvalue weighted by atomic mass is 32.2. The molecule has 0 atom stereocenters. The molecule has 0 fully saturated rings. The third-order valence-electron chi connectivity index (χ3n) is 2.67. The van der Waals surface area contributed by atoms with Crippen LogP contribution in [0.4, 0.5) is 5.69 Å². The van der Waals surface area contributed by atoms with E-state index < -0.39 is 22.0 Å². The molecule has 0 spiro atoms. The molecule has 0 aromatic heterocycles. The lowest BCUT2D eigenvalue weighted by molar-refractivity contribution is -0.118. The Hall–Kier alpha value is -1.93. The van der Waals surface area contributed by atoms with E-state index in [1.165, 1.54) is 31.2 Å². The molecule has 1 aromatic rings. The molecule has 8 heteroatoms. The summed E-state index contributed by atoms with van der Waals surface area (Å²) >= 11 is 0. The van der Waals surface area contributed by atoms with Gasteiger partial charge in [0.1, 0.15) is 0 Å². The van der Waals surface area contributed by atoms with Crippen LogP contribution in [0.25, 0.3) is 0 Å². The van der Waals surface area contributed by atoms with Crippen LogP contribution < -0.4 is 11.1 Å². The number of nitrogens with two attached hydrogens (primary N) is 1. The molecule has 1 aromatic carbocycles. The van der Waals surface area contributed by atoms with Gasteiger partial charge in [-0.3, -0.25) is 9.59 Å². The van der Waals surface area contributed by atoms with E-state index >= 15 is 0 Å². The molecule has 0 aliphatic heterocycles. The van der Waals surface area contributed by atoms with Crippen LogP contribution in [-0.4, -0.2) is 37.1 Å². The largest absolute Gasteiger partial charge is 0.369 e. The summed E-state index contributed by atoms with van der Waals surface area (Å²) in [6.07, 6.45) is 0. The number of sulfonamides is 1. The topological polar surface area (TPSA) is 110 Å². The van der Waals surface area contributed by atoms with Crippen molar-refractivity contribution >= 4 is 27.5 Å². The van der Waals surface area contributed by atoms with Gasteiger partial charge in [-0.05, 0) is 38.1 Å². The first kappa shape index (κ1) is 17.1. The molecule has 2 amide bonds.